The molecule has 0 aliphatic carbocycles. The average molecular weight is 343 g/mol. The first-order valence-electron chi connectivity index (χ1n) is 9.23. The van der Waals surface area contributed by atoms with Crippen molar-refractivity contribution in [3.8, 4) is 0 Å². The van der Waals surface area contributed by atoms with E-state index in [1.165, 1.54) is 25.7 Å². The van der Waals surface area contributed by atoms with Crippen molar-refractivity contribution in [2.24, 2.45) is 0 Å². The summed E-state index contributed by atoms with van der Waals surface area (Å²) in [6, 6.07) is 7.45. The highest BCUT2D eigenvalue weighted by Crippen LogP contribution is 2.16. The zero-order valence-electron chi connectivity index (χ0n) is 15.3. The lowest BCUT2D eigenvalue weighted by molar-refractivity contribution is 0.0777. The highest BCUT2D eigenvalue weighted by atomic mass is 16.7. The molecule has 4 nitrogen and oxygen atoms in total. The molecular formula is C21H29NO3. The van der Waals surface area contributed by atoms with E-state index in [9.17, 15) is 4.79 Å². The van der Waals surface area contributed by atoms with Gasteiger partial charge in [0.1, 0.15) is 6.61 Å². The number of aliphatic hydroxyl groups is 1. The Hall–Kier alpha value is -2.07. The van der Waals surface area contributed by atoms with Crippen LogP contribution in [0.4, 0.5) is 0 Å². The summed E-state index contributed by atoms with van der Waals surface area (Å²) in [5.74, 6) is 0. The van der Waals surface area contributed by atoms with E-state index >= 15 is 0 Å². The maximum absolute atomic E-state index is 12.6. The number of hydrogen-bond donors (Lipinski definition) is 1. The Morgan fingerprint density at radius 1 is 1.16 bits per heavy atom. The number of aliphatic hydroxyl groups excluding tert-OH is 1. The first kappa shape index (κ1) is 19.3. The number of benzene rings is 1. The van der Waals surface area contributed by atoms with E-state index in [0.717, 1.165) is 17.6 Å². The van der Waals surface area contributed by atoms with Crippen molar-refractivity contribution < 1.29 is 9.94 Å². The molecule has 2 rings (SSSR count). The molecule has 0 unspecified atom stereocenters. The van der Waals surface area contributed by atoms with Gasteiger partial charge in [0.15, 0.2) is 5.43 Å². The molecule has 1 aromatic carbocycles. The maximum atomic E-state index is 12.6. The van der Waals surface area contributed by atoms with Crippen LogP contribution < -0.4 is 10.3 Å². The van der Waals surface area contributed by atoms with Crippen LogP contribution in [0, 0.1) is 6.92 Å². The number of rotatable bonds is 10. The topological polar surface area (TPSA) is 51.5 Å². The Kier molecular flexibility index (Phi) is 7.74. The third-order valence-corrected chi connectivity index (χ3v) is 4.40. The molecule has 0 saturated carbocycles. The second-order valence-corrected chi connectivity index (χ2v) is 6.29. The fourth-order valence-electron chi connectivity index (χ4n) is 2.99. The van der Waals surface area contributed by atoms with Gasteiger partial charge in [-0.25, -0.2) is 0 Å². The second kappa shape index (κ2) is 10.0. The van der Waals surface area contributed by atoms with Gasteiger partial charge in [0.05, 0.1) is 17.8 Å². The maximum Gasteiger partial charge on any atom is 0.192 e. The van der Waals surface area contributed by atoms with E-state index in [-0.39, 0.29) is 18.6 Å². The second-order valence-electron chi connectivity index (χ2n) is 6.29. The predicted octanol–water partition coefficient (Wildman–Crippen LogP) is 3.80. The Labute approximate surface area is 149 Å². The van der Waals surface area contributed by atoms with E-state index in [1.807, 2.05) is 31.2 Å². The van der Waals surface area contributed by atoms with Crippen LogP contribution in [0.3, 0.4) is 0 Å². The summed E-state index contributed by atoms with van der Waals surface area (Å²) in [4.78, 5) is 18.4. The van der Waals surface area contributed by atoms with Crippen LogP contribution in [0.1, 0.15) is 50.3 Å². The van der Waals surface area contributed by atoms with Crippen molar-refractivity contribution in [3.63, 3.8) is 0 Å². The van der Waals surface area contributed by atoms with Gasteiger partial charge in [-0.2, -0.15) is 4.73 Å². The molecule has 1 aromatic heterocycles. The first-order chi connectivity index (χ1) is 12.2. The molecule has 0 atom stereocenters. The molecule has 1 N–H and O–H groups in total. The minimum atomic E-state index is -0.0633. The molecule has 0 spiro atoms. The van der Waals surface area contributed by atoms with Crippen molar-refractivity contribution in [2.75, 3.05) is 13.2 Å². The van der Waals surface area contributed by atoms with Crippen LogP contribution in [-0.2, 0) is 6.42 Å². The summed E-state index contributed by atoms with van der Waals surface area (Å²) in [6.07, 6.45) is 11.0. The van der Waals surface area contributed by atoms with E-state index in [2.05, 4.69) is 19.1 Å². The largest absolute Gasteiger partial charge is 0.411 e. The lowest BCUT2D eigenvalue weighted by Crippen LogP contribution is -2.25. The molecule has 0 radical (unpaired) electrons. The molecule has 4 heteroatoms. The Morgan fingerprint density at radius 3 is 2.72 bits per heavy atom. The molecule has 0 saturated heterocycles. The van der Waals surface area contributed by atoms with Crippen LogP contribution in [0.15, 0.2) is 41.2 Å². The number of pyridine rings is 1. The zero-order valence-corrected chi connectivity index (χ0v) is 15.3. The van der Waals surface area contributed by atoms with E-state index in [1.54, 1.807) is 4.73 Å². The van der Waals surface area contributed by atoms with Crippen molar-refractivity contribution in [1.82, 2.24) is 4.73 Å². The van der Waals surface area contributed by atoms with E-state index < -0.39 is 0 Å². The Balaban J connectivity index is 2.26. The minimum Gasteiger partial charge on any atom is -0.411 e. The van der Waals surface area contributed by atoms with Crippen LogP contribution in [0.2, 0.25) is 0 Å². The van der Waals surface area contributed by atoms with Gasteiger partial charge in [-0.3, -0.25) is 4.79 Å². The van der Waals surface area contributed by atoms with E-state index in [0.29, 0.717) is 17.4 Å². The number of aromatic nitrogens is 1. The quantitative estimate of drug-likeness (QED) is 0.527. The number of para-hydroxylation sites is 1. The smallest absolute Gasteiger partial charge is 0.192 e. The Morgan fingerprint density at radius 2 is 1.96 bits per heavy atom. The summed E-state index contributed by atoms with van der Waals surface area (Å²) in [7, 11) is 0. The summed E-state index contributed by atoms with van der Waals surface area (Å²) in [5, 5.41) is 9.76. The zero-order chi connectivity index (χ0) is 18.1. The number of allylic oxidation sites excluding steroid dienone is 2. The summed E-state index contributed by atoms with van der Waals surface area (Å²) < 4.78 is 1.71. The average Bonchev–Trinajstić information content (AvgIpc) is 2.64. The monoisotopic (exact) mass is 343 g/mol. The van der Waals surface area contributed by atoms with Gasteiger partial charge < -0.3 is 9.94 Å². The SMILES string of the molecule is CCCCCC/C=C/Cc1c(C)c(=O)c2ccccc2n1OCCO. The first-order valence-corrected chi connectivity index (χ1v) is 9.23. The van der Waals surface area contributed by atoms with Crippen molar-refractivity contribution in [2.45, 2.75) is 52.4 Å². The van der Waals surface area contributed by atoms with Gasteiger partial charge in [0.2, 0.25) is 0 Å². The molecule has 0 bridgehead atoms. The molecule has 0 aliphatic heterocycles. The van der Waals surface area contributed by atoms with Crippen LogP contribution in [0.5, 0.6) is 0 Å². The number of fused-ring (bicyclic) bond motifs is 1. The molecule has 2 aromatic rings. The molecule has 1 heterocycles. The molecule has 0 fully saturated rings. The van der Waals surface area contributed by atoms with Gasteiger partial charge in [0.25, 0.3) is 0 Å². The third-order valence-electron chi connectivity index (χ3n) is 4.40. The number of unbranched alkanes of at least 4 members (excludes halogenated alkanes) is 4. The Bertz CT molecular complexity index is 762. The molecule has 0 aliphatic rings. The third kappa shape index (κ3) is 4.95. The lowest BCUT2D eigenvalue weighted by atomic mass is 10.1. The number of nitrogens with zero attached hydrogens (tertiary/aromatic N) is 1. The van der Waals surface area contributed by atoms with Crippen LogP contribution in [0.25, 0.3) is 10.9 Å². The normalized spacial score (nSPS) is 11.5. The fraction of sp³-hybridized carbons (Fsp3) is 0.476. The summed E-state index contributed by atoms with van der Waals surface area (Å²) >= 11 is 0. The van der Waals surface area contributed by atoms with E-state index in [4.69, 9.17) is 9.94 Å². The van der Waals surface area contributed by atoms with Gasteiger partial charge in [-0.1, -0.05) is 50.5 Å². The van der Waals surface area contributed by atoms with Crippen molar-refractivity contribution in [1.29, 1.82) is 0 Å². The molecule has 0 amide bonds. The lowest BCUT2D eigenvalue weighted by Gasteiger charge is -2.18. The van der Waals surface area contributed by atoms with Crippen LogP contribution in [-0.4, -0.2) is 23.1 Å². The molecule has 25 heavy (non-hydrogen) atoms. The minimum absolute atomic E-state index is 0.0470. The van der Waals surface area contributed by atoms with Crippen LogP contribution >= 0.6 is 0 Å². The van der Waals surface area contributed by atoms with Crippen molar-refractivity contribution in [3.05, 3.63) is 57.9 Å². The fourth-order valence-corrected chi connectivity index (χ4v) is 2.99. The van der Waals surface area contributed by atoms with Gasteiger partial charge >= 0.3 is 0 Å². The summed E-state index contributed by atoms with van der Waals surface area (Å²) in [5.41, 5.74) is 2.35. The molecule has 136 valence electrons. The molecular weight excluding hydrogens is 314 g/mol. The summed E-state index contributed by atoms with van der Waals surface area (Å²) in [6.45, 7) is 4.19. The predicted molar refractivity (Wildman–Crippen MR) is 103 cm³/mol. The van der Waals surface area contributed by atoms with Gasteiger partial charge in [-0.05, 0) is 31.9 Å². The highest BCUT2D eigenvalue weighted by Gasteiger charge is 2.13. The van der Waals surface area contributed by atoms with Crippen molar-refractivity contribution >= 4 is 10.9 Å². The van der Waals surface area contributed by atoms with Gasteiger partial charge in [-0.15, -0.1) is 0 Å². The number of hydrogen-bond acceptors (Lipinski definition) is 3. The standard InChI is InChI=1S/C21H29NO3/c1-3-4-5-6-7-8-9-13-19-17(2)21(24)18-12-10-11-14-20(18)22(19)25-16-15-23/h8-12,14,23H,3-7,13,15-16H2,1-2H3/b9-8+. The van der Waals surface area contributed by atoms with Gasteiger partial charge in [0, 0.05) is 17.4 Å². The highest BCUT2D eigenvalue weighted by molar-refractivity contribution is 5.79.